The first kappa shape index (κ1) is 16.7. The summed E-state index contributed by atoms with van der Waals surface area (Å²) in [7, 11) is 0. The van der Waals surface area contributed by atoms with E-state index in [4.69, 9.17) is 9.37 Å². The van der Waals surface area contributed by atoms with Crippen LogP contribution in [0.3, 0.4) is 0 Å². The van der Waals surface area contributed by atoms with Gasteiger partial charge in [-0.1, -0.05) is 24.3 Å². The Morgan fingerprint density at radius 1 is 1.08 bits per heavy atom. The normalized spacial score (nSPS) is 10.5. The van der Waals surface area contributed by atoms with Crippen LogP contribution in [0.5, 0.6) is 5.75 Å². The van der Waals surface area contributed by atoms with Gasteiger partial charge in [0.05, 0.1) is 0 Å². The van der Waals surface area contributed by atoms with Gasteiger partial charge in [-0.05, 0) is 66.0 Å². The van der Waals surface area contributed by atoms with Crippen molar-refractivity contribution in [1.29, 1.82) is 0 Å². The van der Waals surface area contributed by atoms with E-state index in [0.717, 1.165) is 16.7 Å². The molecule has 0 radical (unpaired) electrons. The Morgan fingerprint density at radius 2 is 1.92 bits per heavy atom. The molecular weight excluding hydrogens is 318 g/mol. The van der Waals surface area contributed by atoms with E-state index in [0.29, 0.717) is 11.4 Å². The number of amides is 1. The van der Waals surface area contributed by atoms with Crippen LogP contribution in [-0.4, -0.2) is 22.8 Å². The zero-order valence-electron chi connectivity index (χ0n) is 14.4. The second kappa shape index (κ2) is 7.17. The highest BCUT2D eigenvalue weighted by Crippen LogP contribution is 2.26. The van der Waals surface area contributed by atoms with E-state index in [9.17, 15) is 4.79 Å². The first-order chi connectivity index (χ1) is 12.0. The van der Waals surface area contributed by atoms with Crippen molar-refractivity contribution in [3.63, 3.8) is 0 Å². The number of nitrogens with one attached hydrogen (secondary N) is 1. The second-order valence-electron chi connectivity index (χ2n) is 5.91. The zero-order chi connectivity index (χ0) is 17.8. The smallest absolute Gasteiger partial charge is 0.263 e. The number of nitrogens with zero attached hydrogens (tertiary/aromatic N) is 2. The lowest BCUT2D eigenvalue weighted by Gasteiger charge is -2.07. The molecule has 0 bridgehead atoms. The van der Waals surface area contributed by atoms with Gasteiger partial charge < -0.3 is 10.1 Å². The summed E-state index contributed by atoms with van der Waals surface area (Å²) in [5, 5.41) is 10.4. The molecule has 1 amide bonds. The van der Waals surface area contributed by atoms with E-state index in [1.807, 2.05) is 57.2 Å². The van der Waals surface area contributed by atoms with E-state index in [-0.39, 0.29) is 18.3 Å². The molecule has 0 unspecified atom stereocenters. The molecule has 0 aliphatic carbocycles. The van der Waals surface area contributed by atoms with Crippen molar-refractivity contribution in [2.45, 2.75) is 20.8 Å². The highest BCUT2D eigenvalue weighted by molar-refractivity contribution is 5.94. The van der Waals surface area contributed by atoms with Crippen molar-refractivity contribution in [3.05, 3.63) is 59.2 Å². The fraction of sp³-hybridized carbons (Fsp3) is 0.211. The van der Waals surface area contributed by atoms with E-state index < -0.39 is 0 Å². The maximum atomic E-state index is 12.1. The SMILES string of the molecule is Cc1cccc(OCC(=O)Nc2nonc2-c2ccc(C)c(C)c2)c1. The summed E-state index contributed by atoms with van der Waals surface area (Å²) in [4.78, 5) is 12.1. The molecule has 1 heterocycles. The Morgan fingerprint density at radius 3 is 2.68 bits per heavy atom. The summed E-state index contributed by atoms with van der Waals surface area (Å²) in [5.41, 5.74) is 4.69. The first-order valence-corrected chi connectivity index (χ1v) is 7.92. The van der Waals surface area contributed by atoms with E-state index >= 15 is 0 Å². The number of ether oxygens (including phenoxy) is 1. The van der Waals surface area contributed by atoms with Crippen LogP contribution in [0, 0.1) is 20.8 Å². The number of aromatic nitrogens is 2. The van der Waals surface area contributed by atoms with Crippen molar-refractivity contribution in [2.24, 2.45) is 0 Å². The highest BCUT2D eigenvalue weighted by Gasteiger charge is 2.16. The minimum atomic E-state index is -0.331. The van der Waals surface area contributed by atoms with Crippen LogP contribution in [0.2, 0.25) is 0 Å². The monoisotopic (exact) mass is 337 g/mol. The van der Waals surface area contributed by atoms with Crippen LogP contribution in [0.1, 0.15) is 16.7 Å². The molecule has 6 heteroatoms. The summed E-state index contributed by atoms with van der Waals surface area (Å²) in [6.45, 7) is 5.89. The fourth-order valence-corrected chi connectivity index (χ4v) is 2.37. The van der Waals surface area contributed by atoms with Gasteiger partial charge in [-0.15, -0.1) is 0 Å². The maximum absolute atomic E-state index is 12.1. The molecule has 0 saturated carbocycles. The molecular formula is C19H19N3O3. The van der Waals surface area contributed by atoms with E-state index in [2.05, 4.69) is 15.6 Å². The molecule has 0 aliphatic heterocycles. The number of aryl methyl sites for hydroxylation is 3. The lowest BCUT2D eigenvalue weighted by Crippen LogP contribution is -2.20. The van der Waals surface area contributed by atoms with Gasteiger partial charge in [0.25, 0.3) is 5.91 Å². The van der Waals surface area contributed by atoms with Crippen LogP contribution in [0.4, 0.5) is 5.82 Å². The predicted octanol–water partition coefficient (Wildman–Crippen LogP) is 3.68. The number of benzene rings is 2. The lowest BCUT2D eigenvalue weighted by atomic mass is 10.0. The van der Waals surface area contributed by atoms with Gasteiger partial charge in [0.15, 0.2) is 12.3 Å². The number of hydrogen-bond donors (Lipinski definition) is 1. The summed E-state index contributed by atoms with van der Waals surface area (Å²) < 4.78 is 10.3. The number of rotatable bonds is 5. The van der Waals surface area contributed by atoms with Crippen LogP contribution < -0.4 is 10.1 Å². The molecule has 1 N–H and O–H groups in total. The molecule has 6 nitrogen and oxygen atoms in total. The molecule has 0 spiro atoms. The van der Waals surface area contributed by atoms with Gasteiger partial charge in [0.2, 0.25) is 5.82 Å². The molecule has 0 atom stereocenters. The average Bonchev–Trinajstić information content (AvgIpc) is 3.04. The van der Waals surface area contributed by atoms with Crippen molar-refractivity contribution >= 4 is 11.7 Å². The number of anilines is 1. The zero-order valence-corrected chi connectivity index (χ0v) is 14.4. The molecule has 3 rings (SSSR count). The summed E-state index contributed by atoms with van der Waals surface area (Å²) in [6.07, 6.45) is 0. The second-order valence-corrected chi connectivity index (χ2v) is 5.91. The van der Waals surface area contributed by atoms with Crippen LogP contribution in [0.15, 0.2) is 47.1 Å². The Balaban J connectivity index is 1.68. The fourth-order valence-electron chi connectivity index (χ4n) is 2.37. The van der Waals surface area contributed by atoms with Gasteiger partial charge >= 0.3 is 0 Å². The summed E-state index contributed by atoms with van der Waals surface area (Å²) in [5.74, 6) is 0.589. The topological polar surface area (TPSA) is 77.2 Å². The quantitative estimate of drug-likeness (QED) is 0.768. The maximum Gasteiger partial charge on any atom is 0.263 e. The molecule has 1 aromatic heterocycles. The number of carbonyl (C=O) groups is 1. The number of carbonyl (C=O) groups excluding carboxylic acids is 1. The molecule has 128 valence electrons. The predicted molar refractivity (Wildman–Crippen MR) is 94.5 cm³/mol. The minimum Gasteiger partial charge on any atom is -0.484 e. The van der Waals surface area contributed by atoms with Crippen LogP contribution in [-0.2, 0) is 4.79 Å². The minimum absolute atomic E-state index is 0.122. The Labute approximate surface area is 145 Å². The molecule has 25 heavy (non-hydrogen) atoms. The summed E-state index contributed by atoms with van der Waals surface area (Å²) in [6, 6.07) is 13.4. The van der Waals surface area contributed by atoms with Crippen molar-refractivity contribution in [1.82, 2.24) is 10.3 Å². The van der Waals surface area contributed by atoms with Crippen molar-refractivity contribution < 1.29 is 14.2 Å². The van der Waals surface area contributed by atoms with Gasteiger partial charge in [-0.3, -0.25) is 4.79 Å². The van der Waals surface area contributed by atoms with Crippen LogP contribution in [0.25, 0.3) is 11.3 Å². The van der Waals surface area contributed by atoms with Crippen molar-refractivity contribution in [3.8, 4) is 17.0 Å². The van der Waals surface area contributed by atoms with Gasteiger partial charge in [-0.25, -0.2) is 4.63 Å². The van der Waals surface area contributed by atoms with Gasteiger partial charge in [0.1, 0.15) is 5.75 Å². The lowest BCUT2D eigenvalue weighted by molar-refractivity contribution is -0.118. The molecule has 0 fully saturated rings. The molecule has 0 saturated heterocycles. The Kier molecular flexibility index (Phi) is 4.79. The third-order valence-electron chi connectivity index (χ3n) is 3.89. The first-order valence-electron chi connectivity index (χ1n) is 7.92. The third-order valence-corrected chi connectivity index (χ3v) is 3.89. The number of hydrogen-bond acceptors (Lipinski definition) is 5. The van der Waals surface area contributed by atoms with Crippen molar-refractivity contribution in [2.75, 3.05) is 11.9 Å². The third kappa shape index (κ3) is 4.03. The Hall–Kier alpha value is -3.15. The average molecular weight is 337 g/mol. The highest BCUT2D eigenvalue weighted by atomic mass is 16.6. The Bertz CT molecular complexity index is 902. The largest absolute Gasteiger partial charge is 0.484 e. The van der Waals surface area contributed by atoms with Gasteiger partial charge in [-0.2, -0.15) is 0 Å². The molecule has 3 aromatic rings. The standard InChI is InChI=1S/C19H19N3O3/c1-12-5-4-6-16(9-12)24-11-17(23)20-19-18(21-25-22-19)15-8-7-13(2)14(3)10-15/h4-10H,11H2,1-3H3,(H,20,22,23). The molecule has 0 aliphatic rings. The summed E-state index contributed by atoms with van der Waals surface area (Å²) >= 11 is 0. The van der Waals surface area contributed by atoms with E-state index in [1.54, 1.807) is 6.07 Å². The molecule has 2 aromatic carbocycles. The van der Waals surface area contributed by atoms with Gasteiger partial charge in [0, 0.05) is 5.56 Å². The van der Waals surface area contributed by atoms with E-state index in [1.165, 1.54) is 5.56 Å². The van der Waals surface area contributed by atoms with Crippen LogP contribution >= 0.6 is 0 Å².